The van der Waals surface area contributed by atoms with Gasteiger partial charge in [-0.1, -0.05) is 41.6 Å². The lowest BCUT2D eigenvalue weighted by Crippen LogP contribution is -2.47. The Morgan fingerprint density at radius 1 is 1.00 bits per heavy atom. The number of hydrogen-bond donors (Lipinski definition) is 0. The molecule has 1 aliphatic rings. The molecule has 11 heteroatoms. The summed E-state index contributed by atoms with van der Waals surface area (Å²) < 4.78 is 47.4. The molecule has 8 nitrogen and oxygen atoms in total. The Hall–Kier alpha value is -3.99. The van der Waals surface area contributed by atoms with E-state index in [0.717, 1.165) is 38.2 Å². The number of hydrogen-bond acceptors (Lipinski definition) is 6. The number of amides is 1. The van der Waals surface area contributed by atoms with Gasteiger partial charge in [-0.3, -0.25) is 9.48 Å². The van der Waals surface area contributed by atoms with Crippen molar-refractivity contribution in [2.24, 2.45) is 0 Å². The number of aromatic nitrogens is 4. The highest BCUT2D eigenvalue weighted by Crippen LogP contribution is 2.40. The molecule has 0 N–H and O–H groups in total. The molecule has 0 bridgehead atoms. The molecule has 0 radical (unpaired) electrons. The molecule has 0 atom stereocenters. The standard InChI is InChI=1S/C29H31F3N6O2/c1-19-16-24(26-33-25(35-40-26)21-8-10-23(11-9-21)28(2,3)29(30,31)32)34-38(19)18-20-6-5-7-22(17-20)27(39)37-14-12-36(4)13-15-37/h5-11,16-17H,12-15,18H2,1-4H3. The molecule has 5 rings (SSSR count). The molecule has 210 valence electrons. The SMILES string of the molecule is Cc1cc(-c2nc(-c3ccc(C(C)(C)C(F)(F)F)cc3)no2)nn1Cc1cccc(C(=O)N2CCN(C)CC2)c1. The summed E-state index contributed by atoms with van der Waals surface area (Å²) in [4.78, 5) is 21.5. The molecule has 4 aromatic rings. The van der Waals surface area contributed by atoms with Gasteiger partial charge in [0.15, 0.2) is 5.69 Å². The molecule has 1 saturated heterocycles. The minimum absolute atomic E-state index is 0.0289. The second kappa shape index (κ2) is 10.5. The molecule has 0 unspecified atom stereocenters. The number of halogens is 3. The minimum Gasteiger partial charge on any atom is -0.336 e. The van der Waals surface area contributed by atoms with Gasteiger partial charge in [0.2, 0.25) is 5.82 Å². The largest absolute Gasteiger partial charge is 0.397 e. The fraction of sp³-hybridized carbons (Fsp3) is 0.379. The minimum atomic E-state index is -4.37. The molecule has 2 aromatic carbocycles. The van der Waals surface area contributed by atoms with Crippen LogP contribution >= 0.6 is 0 Å². The second-order valence-electron chi connectivity index (χ2n) is 10.7. The van der Waals surface area contributed by atoms with Gasteiger partial charge in [-0.15, -0.1) is 0 Å². The van der Waals surface area contributed by atoms with Crippen LogP contribution in [0.2, 0.25) is 0 Å². The van der Waals surface area contributed by atoms with Crippen molar-refractivity contribution >= 4 is 5.91 Å². The van der Waals surface area contributed by atoms with Crippen LogP contribution in [0.15, 0.2) is 59.1 Å². The van der Waals surface area contributed by atoms with Gasteiger partial charge >= 0.3 is 6.18 Å². The zero-order valence-electron chi connectivity index (χ0n) is 22.9. The van der Waals surface area contributed by atoms with E-state index in [1.165, 1.54) is 12.1 Å². The third-order valence-corrected chi connectivity index (χ3v) is 7.50. The second-order valence-corrected chi connectivity index (χ2v) is 10.7. The number of nitrogens with zero attached hydrogens (tertiary/aromatic N) is 6. The first-order valence-electron chi connectivity index (χ1n) is 13.1. The van der Waals surface area contributed by atoms with E-state index >= 15 is 0 Å². The molecule has 1 aliphatic heterocycles. The first-order valence-corrected chi connectivity index (χ1v) is 13.1. The lowest BCUT2D eigenvalue weighted by Gasteiger charge is -2.32. The predicted molar refractivity (Wildman–Crippen MR) is 144 cm³/mol. The van der Waals surface area contributed by atoms with Crippen molar-refractivity contribution in [2.75, 3.05) is 33.2 Å². The van der Waals surface area contributed by atoms with Crippen molar-refractivity contribution in [1.29, 1.82) is 0 Å². The van der Waals surface area contributed by atoms with Crippen LogP contribution < -0.4 is 0 Å². The van der Waals surface area contributed by atoms with Gasteiger partial charge in [0.25, 0.3) is 11.8 Å². The van der Waals surface area contributed by atoms with Crippen molar-refractivity contribution in [3.8, 4) is 23.0 Å². The molecule has 0 spiro atoms. The van der Waals surface area contributed by atoms with E-state index in [-0.39, 0.29) is 23.2 Å². The fourth-order valence-electron chi connectivity index (χ4n) is 4.59. The quantitative estimate of drug-likeness (QED) is 0.328. The van der Waals surface area contributed by atoms with Crippen LogP contribution in [-0.4, -0.2) is 75.0 Å². The average molecular weight is 553 g/mol. The number of alkyl halides is 3. The van der Waals surface area contributed by atoms with Crippen molar-refractivity contribution < 1.29 is 22.5 Å². The summed E-state index contributed by atoms with van der Waals surface area (Å²) in [6, 6.07) is 15.4. The van der Waals surface area contributed by atoms with E-state index in [4.69, 9.17) is 4.52 Å². The van der Waals surface area contributed by atoms with Crippen LogP contribution in [0.1, 0.15) is 41.0 Å². The fourth-order valence-corrected chi connectivity index (χ4v) is 4.59. The van der Waals surface area contributed by atoms with Crippen LogP contribution in [0, 0.1) is 6.92 Å². The van der Waals surface area contributed by atoms with Gasteiger partial charge in [-0.2, -0.15) is 23.3 Å². The molecule has 1 amide bonds. The first kappa shape index (κ1) is 27.6. The van der Waals surface area contributed by atoms with Gasteiger partial charge in [0.1, 0.15) is 0 Å². The number of carbonyl (C=O) groups excluding carboxylic acids is 1. The van der Waals surface area contributed by atoms with E-state index in [0.29, 0.717) is 36.5 Å². The Balaban J connectivity index is 1.30. The van der Waals surface area contributed by atoms with Crippen molar-refractivity contribution in [3.63, 3.8) is 0 Å². The van der Waals surface area contributed by atoms with Gasteiger partial charge in [-0.05, 0) is 57.1 Å². The Morgan fingerprint density at radius 2 is 1.70 bits per heavy atom. The molecular formula is C29H31F3N6O2. The number of aryl methyl sites for hydroxylation is 1. The topological polar surface area (TPSA) is 80.3 Å². The van der Waals surface area contributed by atoms with Crippen LogP contribution in [0.3, 0.4) is 0 Å². The molecule has 0 saturated carbocycles. The van der Waals surface area contributed by atoms with Gasteiger partial charge in [0, 0.05) is 43.0 Å². The van der Waals surface area contributed by atoms with Gasteiger partial charge in [0.05, 0.1) is 12.0 Å². The van der Waals surface area contributed by atoms with E-state index < -0.39 is 11.6 Å². The lowest BCUT2D eigenvalue weighted by atomic mass is 9.83. The zero-order valence-corrected chi connectivity index (χ0v) is 22.9. The maximum atomic E-state index is 13.4. The number of rotatable bonds is 6. The smallest absolute Gasteiger partial charge is 0.336 e. The first-order chi connectivity index (χ1) is 18.9. The summed E-state index contributed by atoms with van der Waals surface area (Å²) in [5.74, 6) is 0.491. The number of carbonyl (C=O) groups is 1. The maximum Gasteiger partial charge on any atom is 0.397 e. The summed E-state index contributed by atoms with van der Waals surface area (Å²) in [5.41, 5.74) is 1.64. The molecule has 40 heavy (non-hydrogen) atoms. The Morgan fingerprint density at radius 3 is 2.38 bits per heavy atom. The summed E-state index contributed by atoms with van der Waals surface area (Å²) in [6.07, 6.45) is -4.37. The number of piperazine rings is 1. The van der Waals surface area contributed by atoms with Crippen molar-refractivity contribution in [1.82, 2.24) is 29.7 Å². The molecular weight excluding hydrogens is 521 g/mol. The normalized spacial score (nSPS) is 15.0. The van der Waals surface area contributed by atoms with E-state index in [1.807, 2.05) is 42.2 Å². The van der Waals surface area contributed by atoms with Crippen LogP contribution in [-0.2, 0) is 12.0 Å². The van der Waals surface area contributed by atoms with E-state index in [2.05, 4.69) is 27.2 Å². The van der Waals surface area contributed by atoms with Crippen molar-refractivity contribution in [3.05, 3.63) is 77.0 Å². The number of benzene rings is 2. The van der Waals surface area contributed by atoms with Crippen LogP contribution in [0.25, 0.3) is 23.0 Å². The Kier molecular flexibility index (Phi) is 7.26. The van der Waals surface area contributed by atoms with Gasteiger partial charge < -0.3 is 14.3 Å². The van der Waals surface area contributed by atoms with Gasteiger partial charge in [-0.25, -0.2) is 0 Å². The maximum absolute atomic E-state index is 13.4. The summed E-state index contributed by atoms with van der Waals surface area (Å²) in [7, 11) is 2.05. The summed E-state index contributed by atoms with van der Waals surface area (Å²) in [6.45, 7) is 7.80. The molecule has 0 aliphatic carbocycles. The third-order valence-electron chi connectivity index (χ3n) is 7.50. The van der Waals surface area contributed by atoms with Crippen LogP contribution in [0.4, 0.5) is 13.2 Å². The average Bonchev–Trinajstić information content (AvgIpc) is 3.55. The predicted octanol–water partition coefficient (Wildman–Crippen LogP) is 5.18. The van der Waals surface area contributed by atoms with Crippen molar-refractivity contribution in [2.45, 2.75) is 38.9 Å². The summed E-state index contributed by atoms with van der Waals surface area (Å²) >= 11 is 0. The monoisotopic (exact) mass is 552 g/mol. The Bertz CT molecular complexity index is 1500. The third kappa shape index (κ3) is 5.51. The zero-order chi connectivity index (χ0) is 28.7. The molecule has 1 fully saturated rings. The van der Waals surface area contributed by atoms with Crippen LogP contribution in [0.5, 0.6) is 0 Å². The molecule has 2 aromatic heterocycles. The highest BCUT2D eigenvalue weighted by Gasteiger charge is 2.48. The highest BCUT2D eigenvalue weighted by atomic mass is 19.4. The number of likely N-dealkylation sites (N-methyl/N-ethyl adjacent to an activating group) is 1. The Labute approximate surface area is 230 Å². The summed E-state index contributed by atoms with van der Waals surface area (Å²) in [5, 5.41) is 8.63. The van der Waals surface area contributed by atoms with E-state index in [9.17, 15) is 18.0 Å². The highest BCUT2D eigenvalue weighted by molar-refractivity contribution is 5.94. The lowest BCUT2D eigenvalue weighted by molar-refractivity contribution is -0.180. The molecule has 3 heterocycles. The van der Waals surface area contributed by atoms with E-state index in [1.54, 1.807) is 16.8 Å².